The number of ether oxygens (including phenoxy) is 1. The van der Waals surface area contributed by atoms with Crippen LogP contribution >= 0.6 is 11.3 Å². The zero-order chi connectivity index (χ0) is 22.9. The second kappa shape index (κ2) is 8.83. The first-order valence-corrected chi connectivity index (χ1v) is 11.9. The predicted molar refractivity (Wildman–Crippen MR) is 129 cm³/mol. The molecule has 0 N–H and O–H groups in total. The van der Waals surface area contributed by atoms with E-state index in [9.17, 15) is 4.79 Å². The van der Waals surface area contributed by atoms with Gasteiger partial charge in [0.05, 0.1) is 12.6 Å². The first-order chi connectivity index (χ1) is 16.0. The van der Waals surface area contributed by atoms with Gasteiger partial charge in [-0.05, 0) is 43.9 Å². The Hall–Kier alpha value is -3.45. The molecule has 0 saturated carbocycles. The Morgan fingerprint density at radius 2 is 1.70 bits per heavy atom. The monoisotopic (exact) mass is 458 g/mol. The van der Waals surface area contributed by atoms with Gasteiger partial charge in [0.2, 0.25) is 0 Å². The van der Waals surface area contributed by atoms with Crippen LogP contribution in [0.2, 0.25) is 0 Å². The lowest BCUT2D eigenvalue weighted by atomic mass is 10.0. The second-order valence-corrected chi connectivity index (χ2v) is 9.57. The number of hydrogen-bond donors (Lipinski definition) is 0. The number of aryl methyl sites for hydroxylation is 2. The Balaban J connectivity index is 1.52. The van der Waals surface area contributed by atoms with Crippen LogP contribution in [-0.2, 0) is 24.3 Å². The van der Waals surface area contributed by atoms with Crippen molar-refractivity contribution in [3.05, 3.63) is 99.4 Å². The number of thiophene rings is 1. The largest absolute Gasteiger partial charge is 0.445 e. The number of benzene rings is 2. The zero-order valence-corrected chi connectivity index (χ0v) is 19.8. The quantitative estimate of drug-likeness (QED) is 0.391. The zero-order valence-electron chi connectivity index (χ0n) is 19.0. The van der Waals surface area contributed by atoms with Gasteiger partial charge in [-0.25, -0.2) is 4.79 Å². The van der Waals surface area contributed by atoms with Gasteiger partial charge in [0, 0.05) is 10.4 Å². The van der Waals surface area contributed by atoms with E-state index in [0.717, 1.165) is 34.2 Å². The van der Waals surface area contributed by atoms with E-state index < -0.39 is 0 Å². The predicted octanol–water partition coefficient (Wildman–Crippen LogP) is 5.75. The summed E-state index contributed by atoms with van der Waals surface area (Å²) in [6.07, 6.45) is 0.469. The molecular formula is C26H26N4O2S. The van der Waals surface area contributed by atoms with E-state index in [2.05, 4.69) is 46.0 Å². The molecule has 33 heavy (non-hydrogen) atoms. The number of nitrogens with zero attached hydrogens (tertiary/aromatic N) is 4. The van der Waals surface area contributed by atoms with E-state index in [1.54, 1.807) is 16.2 Å². The molecule has 0 unspecified atom stereocenters. The van der Waals surface area contributed by atoms with Crippen molar-refractivity contribution in [3.8, 4) is 5.00 Å². The van der Waals surface area contributed by atoms with Crippen LogP contribution in [0.3, 0.4) is 0 Å². The van der Waals surface area contributed by atoms with Gasteiger partial charge in [0.15, 0.2) is 5.82 Å². The minimum Gasteiger partial charge on any atom is -0.445 e. The molecule has 0 spiro atoms. The average Bonchev–Trinajstić information content (AvgIpc) is 3.32. The average molecular weight is 459 g/mol. The van der Waals surface area contributed by atoms with Crippen molar-refractivity contribution >= 4 is 17.4 Å². The molecule has 6 nitrogen and oxygen atoms in total. The Bertz CT molecular complexity index is 1280. The summed E-state index contributed by atoms with van der Waals surface area (Å²) in [4.78, 5) is 16.3. The molecule has 0 aliphatic carbocycles. The molecule has 1 aliphatic rings. The van der Waals surface area contributed by atoms with Crippen LogP contribution in [0.4, 0.5) is 4.79 Å². The van der Waals surface area contributed by atoms with Crippen LogP contribution in [0.5, 0.6) is 0 Å². The minimum atomic E-state index is -0.346. The highest BCUT2D eigenvalue weighted by Crippen LogP contribution is 2.40. The molecule has 2 aromatic heterocycles. The summed E-state index contributed by atoms with van der Waals surface area (Å²) in [5.74, 6) is 1.58. The van der Waals surface area contributed by atoms with Crippen molar-refractivity contribution in [2.45, 2.75) is 46.4 Å². The summed E-state index contributed by atoms with van der Waals surface area (Å²) < 4.78 is 7.84. The van der Waals surface area contributed by atoms with Crippen molar-refractivity contribution in [3.63, 3.8) is 0 Å². The second-order valence-electron chi connectivity index (χ2n) is 8.37. The van der Waals surface area contributed by atoms with Crippen LogP contribution in [0.15, 0.2) is 60.7 Å². The third-order valence-electron chi connectivity index (χ3n) is 6.18. The molecule has 1 amide bonds. The minimum absolute atomic E-state index is 0.237. The summed E-state index contributed by atoms with van der Waals surface area (Å²) in [6, 6.07) is 19.9. The van der Waals surface area contributed by atoms with Crippen molar-refractivity contribution in [2.24, 2.45) is 0 Å². The van der Waals surface area contributed by atoms with Gasteiger partial charge in [0.25, 0.3) is 0 Å². The van der Waals surface area contributed by atoms with Crippen molar-refractivity contribution in [1.82, 2.24) is 19.7 Å². The fourth-order valence-corrected chi connectivity index (χ4v) is 5.59. The van der Waals surface area contributed by atoms with E-state index in [0.29, 0.717) is 6.54 Å². The fourth-order valence-electron chi connectivity index (χ4n) is 4.36. The molecule has 3 heterocycles. The van der Waals surface area contributed by atoms with Crippen molar-refractivity contribution in [1.29, 1.82) is 0 Å². The molecule has 4 aromatic rings. The summed E-state index contributed by atoms with van der Waals surface area (Å²) in [5, 5.41) is 9.88. The van der Waals surface area contributed by atoms with Gasteiger partial charge in [-0.2, -0.15) is 0 Å². The molecule has 7 heteroatoms. The molecule has 0 radical (unpaired) electrons. The lowest BCUT2D eigenvalue weighted by Gasteiger charge is -2.26. The normalized spacial score (nSPS) is 15.0. The SMILES string of the molecule is Cc1sc2c(c1Cc1ccccc1)CN(C(=O)OCc1ccccc1)[C@@H](C)c1nnc(C)n1-2. The summed E-state index contributed by atoms with van der Waals surface area (Å²) in [6.45, 7) is 6.81. The molecule has 2 aromatic carbocycles. The smallest absolute Gasteiger partial charge is 0.411 e. The van der Waals surface area contributed by atoms with E-state index >= 15 is 0 Å². The number of carbonyl (C=O) groups excluding carboxylic acids is 1. The van der Waals surface area contributed by atoms with Crippen LogP contribution in [-0.4, -0.2) is 25.8 Å². The topological polar surface area (TPSA) is 60.3 Å². The van der Waals surface area contributed by atoms with Crippen LogP contribution in [0, 0.1) is 13.8 Å². The molecule has 0 bridgehead atoms. The molecule has 0 fully saturated rings. The maximum absolute atomic E-state index is 13.3. The molecule has 1 aliphatic heterocycles. The highest BCUT2D eigenvalue weighted by molar-refractivity contribution is 7.14. The molecular weight excluding hydrogens is 432 g/mol. The number of hydrogen-bond acceptors (Lipinski definition) is 5. The van der Waals surface area contributed by atoms with Gasteiger partial charge in [-0.1, -0.05) is 60.7 Å². The Labute approximate surface area is 197 Å². The summed E-state index contributed by atoms with van der Waals surface area (Å²) >= 11 is 1.74. The summed E-state index contributed by atoms with van der Waals surface area (Å²) in [7, 11) is 0. The van der Waals surface area contributed by atoms with Crippen LogP contribution < -0.4 is 0 Å². The maximum atomic E-state index is 13.3. The van der Waals surface area contributed by atoms with Crippen LogP contribution in [0.1, 0.15) is 51.7 Å². The highest BCUT2D eigenvalue weighted by Gasteiger charge is 2.35. The van der Waals surface area contributed by atoms with Gasteiger partial charge >= 0.3 is 6.09 Å². The Kier molecular flexibility index (Phi) is 5.72. The first kappa shape index (κ1) is 21.4. The van der Waals surface area contributed by atoms with Crippen LogP contribution in [0.25, 0.3) is 5.00 Å². The maximum Gasteiger partial charge on any atom is 0.411 e. The highest BCUT2D eigenvalue weighted by atomic mass is 32.1. The third kappa shape index (κ3) is 4.04. The van der Waals surface area contributed by atoms with Gasteiger partial charge in [-0.3, -0.25) is 9.47 Å². The van der Waals surface area contributed by atoms with E-state index in [1.165, 1.54) is 16.0 Å². The van der Waals surface area contributed by atoms with E-state index in [1.807, 2.05) is 50.2 Å². The number of carbonyl (C=O) groups is 1. The number of fused-ring (bicyclic) bond motifs is 3. The lowest BCUT2D eigenvalue weighted by molar-refractivity contribution is 0.0789. The van der Waals surface area contributed by atoms with E-state index in [4.69, 9.17) is 4.74 Å². The number of aromatic nitrogens is 3. The third-order valence-corrected chi connectivity index (χ3v) is 7.36. The summed E-state index contributed by atoms with van der Waals surface area (Å²) in [5.41, 5.74) is 4.61. The van der Waals surface area contributed by atoms with Gasteiger partial charge in [-0.15, -0.1) is 21.5 Å². The van der Waals surface area contributed by atoms with Crippen molar-refractivity contribution < 1.29 is 9.53 Å². The molecule has 5 rings (SSSR count). The number of rotatable bonds is 4. The molecule has 0 saturated heterocycles. The van der Waals surface area contributed by atoms with Gasteiger partial charge < -0.3 is 4.74 Å². The van der Waals surface area contributed by atoms with E-state index in [-0.39, 0.29) is 18.7 Å². The standard InChI is InChI=1S/C26H26N4O2S/c1-17-24-28-27-19(3)30(24)25-23(22(18(2)33-25)14-20-10-6-4-7-11-20)15-29(17)26(31)32-16-21-12-8-5-9-13-21/h4-13,17H,14-16H2,1-3H3/t17-/m0/s1. The fraction of sp³-hybridized carbons (Fsp3) is 0.269. The Morgan fingerprint density at radius 3 is 2.39 bits per heavy atom. The van der Waals surface area contributed by atoms with Crippen molar-refractivity contribution in [2.75, 3.05) is 0 Å². The first-order valence-electron chi connectivity index (χ1n) is 11.1. The molecule has 168 valence electrons. The van der Waals surface area contributed by atoms with Gasteiger partial charge in [0.1, 0.15) is 17.4 Å². The molecule has 1 atom stereocenters. The lowest BCUT2D eigenvalue weighted by Crippen LogP contribution is -2.33. The number of amides is 1. The Morgan fingerprint density at radius 1 is 1.03 bits per heavy atom.